The van der Waals surface area contributed by atoms with E-state index in [0.717, 1.165) is 18.7 Å². The van der Waals surface area contributed by atoms with Gasteiger partial charge in [-0.25, -0.2) is 0 Å². The van der Waals surface area contributed by atoms with Crippen molar-refractivity contribution in [1.82, 2.24) is 5.32 Å². The number of thioether (sulfide) groups is 1. The van der Waals surface area contributed by atoms with E-state index in [1.807, 2.05) is 11.8 Å². The van der Waals surface area contributed by atoms with Gasteiger partial charge in [0.25, 0.3) is 0 Å². The molecular weight excluding hydrogens is 204 g/mol. The van der Waals surface area contributed by atoms with Crippen LogP contribution < -0.4 is 11.1 Å². The Hall–Kier alpha value is -0.510. The van der Waals surface area contributed by atoms with Crippen LogP contribution in [0.15, 0.2) is 24.3 Å². The third-order valence-corrected chi connectivity index (χ3v) is 3.57. The van der Waals surface area contributed by atoms with E-state index in [2.05, 4.69) is 35.8 Å². The van der Waals surface area contributed by atoms with Gasteiger partial charge in [0.15, 0.2) is 0 Å². The van der Waals surface area contributed by atoms with Gasteiger partial charge in [-0.1, -0.05) is 24.3 Å². The minimum Gasteiger partial charge on any atom is -0.324 e. The fourth-order valence-electron chi connectivity index (χ4n) is 2.20. The molecule has 0 spiro atoms. The lowest BCUT2D eigenvalue weighted by Gasteiger charge is -2.13. The molecule has 0 bridgehead atoms. The van der Waals surface area contributed by atoms with Crippen molar-refractivity contribution in [3.05, 3.63) is 35.4 Å². The first kappa shape index (κ1) is 11.0. The van der Waals surface area contributed by atoms with Crippen LogP contribution in [0.5, 0.6) is 0 Å². The predicted octanol–water partition coefficient (Wildman–Crippen LogP) is 2.08. The molecule has 0 amide bonds. The van der Waals surface area contributed by atoms with Gasteiger partial charge in [-0.3, -0.25) is 0 Å². The minimum absolute atomic E-state index is 0.216. The highest BCUT2D eigenvalue weighted by Crippen LogP contribution is 2.36. The molecule has 15 heavy (non-hydrogen) atoms. The Bertz CT molecular complexity index is 327. The Morgan fingerprint density at radius 3 is 2.87 bits per heavy atom. The van der Waals surface area contributed by atoms with E-state index in [0.29, 0.717) is 6.04 Å². The SMILES string of the molecule is CSCCNC1CC(N)c2ccccc21. The average molecular weight is 222 g/mol. The summed E-state index contributed by atoms with van der Waals surface area (Å²) in [4.78, 5) is 0. The Morgan fingerprint density at radius 1 is 1.40 bits per heavy atom. The number of benzene rings is 1. The first-order valence-electron chi connectivity index (χ1n) is 5.39. The fourth-order valence-corrected chi connectivity index (χ4v) is 2.52. The van der Waals surface area contributed by atoms with Crippen molar-refractivity contribution in [2.45, 2.75) is 18.5 Å². The van der Waals surface area contributed by atoms with Crippen LogP contribution in [0.1, 0.15) is 29.6 Å². The molecular formula is C12H18N2S. The van der Waals surface area contributed by atoms with Crippen LogP contribution in [-0.4, -0.2) is 18.6 Å². The summed E-state index contributed by atoms with van der Waals surface area (Å²) in [6.45, 7) is 1.06. The molecule has 2 atom stereocenters. The third kappa shape index (κ3) is 2.36. The largest absolute Gasteiger partial charge is 0.324 e. The molecule has 2 rings (SSSR count). The number of hydrogen-bond acceptors (Lipinski definition) is 3. The van der Waals surface area contributed by atoms with Crippen LogP contribution in [-0.2, 0) is 0 Å². The number of nitrogens with two attached hydrogens (primary N) is 1. The molecule has 1 aliphatic rings. The molecule has 0 saturated heterocycles. The lowest BCUT2D eigenvalue weighted by Crippen LogP contribution is -2.22. The van der Waals surface area contributed by atoms with E-state index in [1.54, 1.807) is 0 Å². The van der Waals surface area contributed by atoms with Crippen molar-refractivity contribution in [2.75, 3.05) is 18.6 Å². The van der Waals surface area contributed by atoms with Crippen LogP contribution in [0, 0.1) is 0 Å². The van der Waals surface area contributed by atoms with Gasteiger partial charge in [-0.05, 0) is 23.8 Å². The fraction of sp³-hybridized carbons (Fsp3) is 0.500. The van der Waals surface area contributed by atoms with Crippen molar-refractivity contribution in [1.29, 1.82) is 0 Å². The maximum absolute atomic E-state index is 6.10. The summed E-state index contributed by atoms with van der Waals surface area (Å²) in [5, 5.41) is 3.57. The molecule has 82 valence electrons. The second-order valence-electron chi connectivity index (χ2n) is 3.97. The van der Waals surface area contributed by atoms with Crippen LogP contribution >= 0.6 is 11.8 Å². The Morgan fingerprint density at radius 2 is 2.13 bits per heavy atom. The van der Waals surface area contributed by atoms with Gasteiger partial charge in [0, 0.05) is 24.4 Å². The van der Waals surface area contributed by atoms with E-state index in [9.17, 15) is 0 Å². The van der Waals surface area contributed by atoms with E-state index >= 15 is 0 Å². The molecule has 3 N–H and O–H groups in total. The zero-order valence-corrected chi connectivity index (χ0v) is 9.89. The smallest absolute Gasteiger partial charge is 0.0341 e. The van der Waals surface area contributed by atoms with Crippen LogP contribution in [0.2, 0.25) is 0 Å². The number of fused-ring (bicyclic) bond motifs is 1. The predicted molar refractivity (Wildman–Crippen MR) is 67.1 cm³/mol. The molecule has 0 aliphatic heterocycles. The van der Waals surface area contributed by atoms with E-state index in [4.69, 9.17) is 5.73 Å². The molecule has 0 radical (unpaired) electrons. The first-order valence-corrected chi connectivity index (χ1v) is 6.79. The van der Waals surface area contributed by atoms with Crippen molar-refractivity contribution in [3.63, 3.8) is 0 Å². The maximum Gasteiger partial charge on any atom is 0.0341 e. The monoisotopic (exact) mass is 222 g/mol. The highest BCUT2D eigenvalue weighted by atomic mass is 32.2. The molecule has 0 heterocycles. The molecule has 1 aromatic rings. The Balaban J connectivity index is 2.04. The van der Waals surface area contributed by atoms with Crippen LogP contribution in [0.3, 0.4) is 0 Å². The van der Waals surface area contributed by atoms with Gasteiger partial charge in [0.05, 0.1) is 0 Å². The van der Waals surface area contributed by atoms with Crippen molar-refractivity contribution in [2.24, 2.45) is 5.73 Å². The highest BCUT2D eigenvalue weighted by Gasteiger charge is 2.27. The molecule has 0 aromatic heterocycles. The lowest BCUT2D eigenvalue weighted by atomic mass is 10.1. The topological polar surface area (TPSA) is 38.0 Å². The molecule has 0 saturated carbocycles. The average Bonchev–Trinajstić information content (AvgIpc) is 2.58. The van der Waals surface area contributed by atoms with Gasteiger partial charge in [-0.2, -0.15) is 11.8 Å². The van der Waals surface area contributed by atoms with Gasteiger partial charge in [0.1, 0.15) is 0 Å². The molecule has 2 nitrogen and oxygen atoms in total. The normalized spacial score (nSPS) is 24.1. The molecule has 1 aliphatic carbocycles. The summed E-state index contributed by atoms with van der Waals surface area (Å²) in [5.41, 5.74) is 8.81. The highest BCUT2D eigenvalue weighted by molar-refractivity contribution is 7.98. The summed E-state index contributed by atoms with van der Waals surface area (Å²) in [5.74, 6) is 1.16. The van der Waals surface area contributed by atoms with Gasteiger partial charge in [-0.15, -0.1) is 0 Å². The zero-order valence-electron chi connectivity index (χ0n) is 9.07. The van der Waals surface area contributed by atoms with Crippen LogP contribution in [0.25, 0.3) is 0 Å². The third-order valence-electron chi connectivity index (χ3n) is 2.96. The second-order valence-corrected chi connectivity index (χ2v) is 4.96. The van der Waals surface area contributed by atoms with E-state index in [-0.39, 0.29) is 6.04 Å². The van der Waals surface area contributed by atoms with Gasteiger partial charge >= 0.3 is 0 Å². The number of hydrogen-bond donors (Lipinski definition) is 2. The van der Waals surface area contributed by atoms with Crippen molar-refractivity contribution in [3.8, 4) is 0 Å². The molecule has 1 aromatic carbocycles. The maximum atomic E-state index is 6.10. The van der Waals surface area contributed by atoms with Crippen molar-refractivity contribution >= 4 is 11.8 Å². The molecule has 0 fully saturated rings. The quantitative estimate of drug-likeness (QED) is 0.766. The summed E-state index contributed by atoms with van der Waals surface area (Å²) in [6.07, 6.45) is 3.17. The zero-order chi connectivity index (χ0) is 10.7. The van der Waals surface area contributed by atoms with Crippen molar-refractivity contribution < 1.29 is 0 Å². The van der Waals surface area contributed by atoms with Gasteiger partial charge < -0.3 is 11.1 Å². The van der Waals surface area contributed by atoms with Gasteiger partial charge in [0.2, 0.25) is 0 Å². The Labute approximate surface area is 95.6 Å². The molecule has 2 unspecified atom stereocenters. The number of rotatable bonds is 4. The summed E-state index contributed by atoms with van der Waals surface area (Å²) in [7, 11) is 0. The van der Waals surface area contributed by atoms with Crippen LogP contribution in [0.4, 0.5) is 0 Å². The summed E-state index contributed by atoms with van der Waals surface area (Å²) >= 11 is 1.87. The first-order chi connectivity index (χ1) is 7.33. The Kier molecular flexibility index (Phi) is 3.67. The summed E-state index contributed by atoms with van der Waals surface area (Å²) < 4.78 is 0. The standard InChI is InChI=1S/C12H18N2S/c1-15-7-6-14-12-8-11(13)9-4-2-3-5-10(9)12/h2-5,11-12,14H,6-8,13H2,1H3. The summed E-state index contributed by atoms with van der Waals surface area (Å²) in [6, 6.07) is 9.19. The molecule has 3 heteroatoms. The number of nitrogens with one attached hydrogen (secondary N) is 1. The second kappa shape index (κ2) is 5.01. The minimum atomic E-state index is 0.216. The van der Waals surface area contributed by atoms with E-state index < -0.39 is 0 Å². The lowest BCUT2D eigenvalue weighted by molar-refractivity contribution is 0.515. The van der Waals surface area contributed by atoms with E-state index in [1.165, 1.54) is 11.1 Å².